The van der Waals surface area contributed by atoms with Gasteiger partial charge in [0.1, 0.15) is 12.4 Å². The van der Waals surface area contributed by atoms with Gasteiger partial charge in [0.25, 0.3) is 0 Å². The third kappa shape index (κ3) is 5.95. The highest BCUT2D eigenvalue weighted by atomic mass is 16.5. The van der Waals surface area contributed by atoms with Gasteiger partial charge in [-0.2, -0.15) is 0 Å². The number of amides is 2. The Balaban J connectivity index is 2.22. The summed E-state index contributed by atoms with van der Waals surface area (Å²) in [6, 6.07) is 7.81. The molecule has 4 nitrogen and oxygen atoms in total. The van der Waals surface area contributed by atoms with Crippen LogP contribution < -0.4 is 15.4 Å². The SMILES string of the molecule is C=CCNC(=O)NCCOc1ccc(C(C)C)cc1. The summed E-state index contributed by atoms with van der Waals surface area (Å²) in [7, 11) is 0. The topological polar surface area (TPSA) is 50.4 Å². The molecule has 4 heteroatoms. The second-order valence-electron chi connectivity index (χ2n) is 4.50. The lowest BCUT2D eigenvalue weighted by molar-refractivity contribution is 0.237. The molecular formula is C15H22N2O2. The molecule has 104 valence electrons. The predicted octanol–water partition coefficient (Wildman–Crippen LogP) is 2.67. The van der Waals surface area contributed by atoms with Gasteiger partial charge >= 0.3 is 6.03 Å². The first-order chi connectivity index (χ1) is 9.13. The fraction of sp³-hybridized carbons (Fsp3) is 0.400. The summed E-state index contributed by atoms with van der Waals surface area (Å²) in [4.78, 5) is 11.2. The minimum atomic E-state index is -0.210. The third-order valence-corrected chi connectivity index (χ3v) is 2.61. The summed E-state index contributed by atoms with van der Waals surface area (Å²) in [6.45, 7) is 9.21. The van der Waals surface area contributed by atoms with Gasteiger partial charge in [-0.1, -0.05) is 32.1 Å². The first kappa shape index (κ1) is 15.1. The summed E-state index contributed by atoms with van der Waals surface area (Å²) in [5, 5.41) is 5.32. The zero-order chi connectivity index (χ0) is 14.1. The van der Waals surface area contributed by atoms with Crippen molar-refractivity contribution in [3.8, 4) is 5.75 Å². The first-order valence-electron chi connectivity index (χ1n) is 6.49. The molecule has 0 aromatic heterocycles. The molecule has 0 atom stereocenters. The minimum absolute atomic E-state index is 0.210. The number of hydrogen-bond donors (Lipinski definition) is 2. The number of carbonyl (C=O) groups is 1. The molecule has 1 rings (SSSR count). The average molecular weight is 262 g/mol. The highest BCUT2D eigenvalue weighted by Crippen LogP contribution is 2.18. The molecule has 1 aromatic rings. The number of rotatable bonds is 7. The third-order valence-electron chi connectivity index (χ3n) is 2.61. The van der Waals surface area contributed by atoms with E-state index in [0.717, 1.165) is 5.75 Å². The number of urea groups is 1. The summed E-state index contributed by atoms with van der Waals surface area (Å²) >= 11 is 0. The predicted molar refractivity (Wildman–Crippen MR) is 77.6 cm³/mol. The van der Waals surface area contributed by atoms with Gasteiger partial charge in [-0.3, -0.25) is 0 Å². The summed E-state index contributed by atoms with van der Waals surface area (Å²) in [6.07, 6.45) is 1.63. The summed E-state index contributed by atoms with van der Waals surface area (Å²) < 4.78 is 5.53. The molecule has 0 aliphatic carbocycles. The van der Waals surface area contributed by atoms with E-state index < -0.39 is 0 Å². The molecule has 2 N–H and O–H groups in total. The molecule has 0 aliphatic rings. The molecule has 0 radical (unpaired) electrons. The molecule has 0 fully saturated rings. The Labute approximate surface area is 114 Å². The Hall–Kier alpha value is -1.97. The maximum absolute atomic E-state index is 11.2. The van der Waals surface area contributed by atoms with Gasteiger partial charge in [0.05, 0.1) is 6.54 Å². The molecule has 0 bridgehead atoms. The number of carbonyl (C=O) groups excluding carboxylic acids is 1. The van der Waals surface area contributed by atoms with E-state index in [2.05, 4.69) is 43.2 Å². The van der Waals surface area contributed by atoms with Crippen molar-refractivity contribution >= 4 is 6.03 Å². The van der Waals surface area contributed by atoms with Crippen LogP contribution in [0.2, 0.25) is 0 Å². The van der Waals surface area contributed by atoms with Gasteiger partial charge in [0, 0.05) is 6.54 Å². The quantitative estimate of drug-likeness (QED) is 0.586. The standard InChI is InChI=1S/C15H22N2O2/c1-4-9-16-15(18)17-10-11-19-14-7-5-13(6-8-14)12(2)3/h4-8,12H,1,9-11H2,2-3H3,(H2,16,17,18). The van der Waals surface area contributed by atoms with Crippen molar-refractivity contribution in [2.75, 3.05) is 19.7 Å². The van der Waals surface area contributed by atoms with Crippen molar-refractivity contribution in [1.82, 2.24) is 10.6 Å². The molecule has 2 amide bonds. The lowest BCUT2D eigenvalue weighted by atomic mass is 10.0. The van der Waals surface area contributed by atoms with Crippen molar-refractivity contribution in [3.05, 3.63) is 42.5 Å². The van der Waals surface area contributed by atoms with Gasteiger partial charge in [-0.05, 0) is 23.6 Å². The monoisotopic (exact) mass is 262 g/mol. The second kappa shape index (κ2) is 8.19. The average Bonchev–Trinajstić information content (AvgIpc) is 2.41. The number of hydrogen-bond acceptors (Lipinski definition) is 2. The van der Waals surface area contributed by atoms with E-state index >= 15 is 0 Å². The van der Waals surface area contributed by atoms with Crippen molar-refractivity contribution in [3.63, 3.8) is 0 Å². The van der Waals surface area contributed by atoms with E-state index in [1.165, 1.54) is 5.56 Å². The second-order valence-corrected chi connectivity index (χ2v) is 4.50. The molecule has 0 saturated carbocycles. The Morgan fingerprint density at radius 2 is 2.00 bits per heavy atom. The minimum Gasteiger partial charge on any atom is -0.492 e. The van der Waals surface area contributed by atoms with Gasteiger partial charge in [0.15, 0.2) is 0 Å². The van der Waals surface area contributed by atoms with Gasteiger partial charge in [0.2, 0.25) is 0 Å². The zero-order valence-electron chi connectivity index (χ0n) is 11.6. The van der Waals surface area contributed by atoms with E-state index in [-0.39, 0.29) is 6.03 Å². The molecular weight excluding hydrogens is 240 g/mol. The van der Waals surface area contributed by atoms with Gasteiger partial charge in [-0.15, -0.1) is 6.58 Å². The van der Waals surface area contributed by atoms with Crippen molar-refractivity contribution < 1.29 is 9.53 Å². The van der Waals surface area contributed by atoms with Gasteiger partial charge in [-0.25, -0.2) is 4.79 Å². The van der Waals surface area contributed by atoms with Crippen LogP contribution in [0, 0.1) is 0 Å². The maximum atomic E-state index is 11.2. The number of ether oxygens (including phenoxy) is 1. The molecule has 19 heavy (non-hydrogen) atoms. The van der Waals surface area contributed by atoms with Crippen LogP contribution in [0.5, 0.6) is 5.75 Å². The molecule has 1 aromatic carbocycles. The van der Waals surface area contributed by atoms with Gasteiger partial charge < -0.3 is 15.4 Å². The van der Waals surface area contributed by atoms with Crippen LogP contribution in [0.3, 0.4) is 0 Å². The zero-order valence-corrected chi connectivity index (χ0v) is 11.6. The largest absolute Gasteiger partial charge is 0.492 e. The Kier molecular flexibility index (Phi) is 6.50. The number of benzene rings is 1. The Morgan fingerprint density at radius 1 is 1.32 bits per heavy atom. The number of nitrogens with one attached hydrogen (secondary N) is 2. The van der Waals surface area contributed by atoms with Crippen LogP contribution in [0.15, 0.2) is 36.9 Å². The first-order valence-corrected chi connectivity index (χ1v) is 6.49. The lowest BCUT2D eigenvalue weighted by Gasteiger charge is -2.10. The molecule has 0 aliphatic heterocycles. The van der Waals surface area contributed by atoms with Crippen molar-refractivity contribution in [2.45, 2.75) is 19.8 Å². The van der Waals surface area contributed by atoms with E-state index in [4.69, 9.17) is 4.74 Å². The van der Waals surface area contributed by atoms with Crippen LogP contribution in [0.1, 0.15) is 25.3 Å². The highest BCUT2D eigenvalue weighted by Gasteiger charge is 2.00. The molecule has 0 saturated heterocycles. The molecule has 0 unspecified atom stereocenters. The highest BCUT2D eigenvalue weighted by molar-refractivity contribution is 5.73. The smallest absolute Gasteiger partial charge is 0.315 e. The summed E-state index contributed by atoms with van der Waals surface area (Å²) in [5.41, 5.74) is 1.29. The van der Waals surface area contributed by atoms with Crippen LogP contribution in [0.25, 0.3) is 0 Å². The normalized spacial score (nSPS) is 10.1. The lowest BCUT2D eigenvalue weighted by Crippen LogP contribution is -2.37. The van der Waals surface area contributed by atoms with Crippen LogP contribution in [0.4, 0.5) is 4.79 Å². The van der Waals surface area contributed by atoms with Crippen molar-refractivity contribution in [2.24, 2.45) is 0 Å². The fourth-order valence-electron chi connectivity index (χ4n) is 1.51. The van der Waals surface area contributed by atoms with E-state index in [1.807, 2.05) is 12.1 Å². The molecule has 0 spiro atoms. The van der Waals surface area contributed by atoms with Crippen LogP contribution >= 0.6 is 0 Å². The Morgan fingerprint density at radius 3 is 2.58 bits per heavy atom. The van der Waals surface area contributed by atoms with E-state index in [9.17, 15) is 4.79 Å². The maximum Gasteiger partial charge on any atom is 0.315 e. The summed E-state index contributed by atoms with van der Waals surface area (Å²) in [5.74, 6) is 1.34. The molecule has 0 heterocycles. The van der Waals surface area contributed by atoms with Crippen LogP contribution in [-0.4, -0.2) is 25.7 Å². The van der Waals surface area contributed by atoms with Crippen LogP contribution in [-0.2, 0) is 0 Å². The fourth-order valence-corrected chi connectivity index (χ4v) is 1.51. The Bertz CT molecular complexity index is 399. The van der Waals surface area contributed by atoms with E-state index in [0.29, 0.717) is 25.6 Å². The van der Waals surface area contributed by atoms with Crippen molar-refractivity contribution in [1.29, 1.82) is 0 Å². The van der Waals surface area contributed by atoms with E-state index in [1.54, 1.807) is 6.08 Å².